The van der Waals surface area contributed by atoms with E-state index >= 15 is 0 Å². The predicted molar refractivity (Wildman–Crippen MR) is 56.1 cm³/mol. The molecule has 0 saturated carbocycles. The van der Waals surface area contributed by atoms with E-state index < -0.39 is 0 Å². The molecular weight excluding hydrogens is 184 g/mol. The third-order valence-corrected chi connectivity index (χ3v) is 2.22. The number of hydrogen-bond acceptors (Lipinski definition) is 5. The van der Waals surface area contributed by atoms with Gasteiger partial charge in [0.15, 0.2) is 0 Å². The summed E-state index contributed by atoms with van der Waals surface area (Å²) in [7, 11) is 0. The Balaban J connectivity index is 2.49. The van der Waals surface area contributed by atoms with E-state index in [1.807, 2.05) is 6.92 Å². The molecule has 0 bridgehead atoms. The molecule has 13 heavy (non-hydrogen) atoms. The molecule has 0 aromatic carbocycles. The van der Waals surface area contributed by atoms with Gasteiger partial charge in [0.05, 0.1) is 0 Å². The molecule has 1 rings (SSSR count). The van der Waals surface area contributed by atoms with Gasteiger partial charge < -0.3 is 11.1 Å². The molecular formula is C8H16N4S. The topological polar surface area (TPSA) is 63.8 Å². The highest BCUT2D eigenvalue weighted by Gasteiger charge is 2.06. The molecule has 0 aliphatic carbocycles. The molecule has 1 aromatic rings. The second-order valence-electron chi connectivity index (χ2n) is 3.47. The summed E-state index contributed by atoms with van der Waals surface area (Å²) in [4.78, 5) is 4.32. The van der Waals surface area contributed by atoms with Gasteiger partial charge >= 0.3 is 0 Å². The summed E-state index contributed by atoms with van der Waals surface area (Å²) in [5.41, 5.74) is 5.60. The Morgan fingerprint density at radius 1 is 1.46 bits per heavy atom. The lowest BCUT2D eigenvalue weighted by Crippen LogP contribution is -2.25. The first kappa shape index (κ1) is 10.4. The lowest BCUT2D eigenvalue weighted by Gasteiger charge is -2.04. The molecule has 0 fully saturated rings. The van der Waals surface area contributed by atoms with Gasteiger partial charge in [0.1, 0.15) is 5.82 Å². The molecule has 5 heteroatoms. The Bertz CT molecular complexity index is 256. The highest BCUT2D eigenvalue weighted by Crippen LogP contribution is 2.16. The summed E-state index contributed by atoms with van der Waals surface area (Å²) >= 11 is 1.39. The minimum atomic E-state index is 0.145. The average Bonchev–Trinajstić information content (AvgIpc) is 2.48. The van der Waals surface area contributed by atoms with Crippen molar-refractivity contribution in [3.8, 4) is 0 Å². The van der Waals surface area contributed by atoms with Crippen LogP contribution >= 0.6 is 11.5 Å². The van der Waals surface area contributed by atoms with Crippen LogP contribution in [-0.2, 0) is 0 Å². The molecule has 0 spiro atoms. The first-order valence-electron chi connectivity index (χ1n) is 4.42. The van der Waals surface area contributed by atoms with Crippen molar-refractivity contribution in [2.75, 3.05) is 11.9 Å². The zero-order chi connectivity index (χ0) is 9.84. The minimum Gasteiger partial charge on any atom is -0.359 e. The van der Waals surface area contributed by atoms with Gasteiger partial charge in [0, 0.05) is 30.0 Å². The SMILES string of the molecule is CC(N)CNc1nc(C(C)C)ns1. The van der Waals surface area contributed by atoms with E-state index in [0.29, 0.717) is 5.92 Å². The largest absolute Gasteiger partial charge is 0.359 e. The fourth-order valence-electron chi connectivity index (χ4n) is 0.789. The maximum atomic E-state index is 5.60. The third-order valence-electron chi connectivity index (χ3n) is 1.53. The zero-order valence-corrected chi connectivity index (χ0v) is 9.06. The van der Waals surface area contributed by atoms with Crippen molar-refractivity contribution in [3.63, 3.8) is 0 Å². The Hall–Kier alpha value is -0.680. The van der Waals surface area contributed by atoms with Gasteiger partial charge in [-0.05, 0) is 6.92 Å². The summed E-state index contributed by atoms with van der Waals surface area (Å²) < 4.78 is 4.22. The van der Waals surface area contributed by atoms with Crippen LogP contribution in [0.5, 0.6) is 0 Å². The zero-order valence-electron chi connectivity index (χ0n) is 8.24. The number of rotatable bonds is 4. The van der Waals surface area contributed by atoms with Crippen molar-refractivity contribution < 1.29 is 0 Å². The van der Waals surface area contributed by atoms with Gasteiger partial charge in [-0.1, -0.05) is 13.8 Å². The second kappa shape index (κ2) is 4.53. The molecule has 0 amide bonds. The number of nitrogens with zero attached hydrogens (tertiary/aromatic N) is 2. The van der Waals surface area contributed by atoms with Crippen molar-refractivity contribution in [2.45, 2.75) is 32.7 Å². The maximum absolute atomic E-state index is 5.60. The number of anilines is 1. The summed E-state index contributed by atoms with van der Waals surface area (Å²) in [6.07, 6.45) is 0. The molecule has 1 unspecified atom stereocenters. The van der Waals surface area contributed by atoms with Gasteiger partial charge in [0.2, 0.25) is 5.13 Å². The van der Waals surface area contributed by atoms with E-state index in [9.17, 15) is 0 Å². The Morgan fingerprint density at radius 2 is 2.15 bits per heavy atom. The maximum Gasteiger partial charge on any atom is 0.202 e. The van der Waals surface area contributed by atoms with Crippen LogP contribution in [0.25, 0.3) is 0 Å². The van der Waals surface area contributed by atoms with E-state index in [1.165, 1.54) is 11.5 Å². The summed E-state index contributed by atoms with van der Waals surface area (Å²) in [6, 6.07) is 0.145. The molecule has 0 aliphatic rings. The van der Waals surface area contributed by atoms with Crippen molar-refractivity contribution in [3.05, 3.63) is 5.82 Å². The van der Waals surface area contributed by atoms with Crippen molar-refractivity contribution >= 4 is 16.7 Å². The number of nitrogens with two attached hydrogens (primary N) is 1. The molecule has 0 radical (unpaired) electrons. The second-order valence-corrected chi connectivity index (χ2v) is 4.22. The summed E-state index contributed by atoms with van der Waals surface area (Å²) in [5.74, 6) is 1.29. The quantitative estimate of drug-likeness (QED) is 0.771. The van der Waals surface area contributed by atoms with E-state index in [2.05, 4.69) is 28.5 Å². The van der Waals surface area contributed by atoms with Crippen LogP contribution < -0.4 is 11.1 Å². The van der Waals surface area contributed by atoms with E-state index in [1.54, 1.807) is 0 Å². The lowest BCUT2D eigenvalue weighted by atomic mass is 10.2. The van der Waals surface area contributed by atoms with Gasteiger partial charge in [-0.3, -0.25) is 0 Å². The molecule has 0 saturated heterocycles. The van der Waals surface area contributed by atoms with Crippen LogP contribution in [0.3, 0.4) is 0 Å². The molecule has 0 aliphatic heterocycles. The van der Waals surface area contributed by atoms with Crippen LogP contribution in [0.15, 0.2) is 0 Å². The van der Waals surface area contributed by atoms with Crippen LogP contribution in [0.1, 0.15) is 32.5 Å². The molecule has 1 aromatic heterocycles. The van der Waals surface area contributed by atoms with Crippen molar-refractivity contribution in [1.29, 1.82) is 0 Å². The first-order chi connectivity index (χ1) is 6.09. The van der Waals surface area contributed by atoms with Crippen molar-refractivity contribution in [2.24, 2.45) is 5.73 Å². The van der Waals surface area contributed by atoms with Crippen molar-refractivity contribution in [1.82, 2.24) is 9.36 Å². The average molecular weight is 200 g/mol. The number of nitrogens with one attached hydrogen (secondary N) is 1. The van der Waals surface area contributed by atoms with E-state index in [4.69, 9.17) is 5.73 Å². The molecule has 3 N–H and O–H groups in total. The predicted octanol–water partition coefficient (Wildman–Crippen LogP) is 1.42. The normalized spacial score (nSPS) is 13.3. The van der Waals surface area contributed by atoms with Crippen LogP contribution in [0, 0.1) is 0 Å². The van der Waals surface area contributed by atoms with E-state index in [-0.39, 0.29) is 6.04 Å². The molecule has 4 nitrogen and oxygen atoms in total. The Morgan fingerprint density at radius 3 is 2.62 bits per heavy atom. The fourth-order valence-corrected chi connectivity index (χ4v) is 1.50. The summed E-state index contributed by atoms with van der Waals surface area (Å²) in [5, 5.41) is 4.00. The smallest absolute Gasteiger partial charge is 0.202 e. The fraction of sp³-hybridized carbons (Fsp3) is 0.750. The monoisotopic (exact) mass is 200 g/mol. The standard InChI is InChI=1S/C8H16N4S/c1-5(2)7-11-8(13-12-7)10-4-6(3)9/h5-6H,4,9H2,1-3H3,(H,10,11,12). The molecule has 1 heterocycles. The van der Waals surface area contributed by atoms with Gasteiger partial charge in [-0.15, -0.1) is 0 Å². The Kier molecular flexibility index (Phi) is 3.62. The van der Waals surface area contributed by atoms with Gasteiger partial charge in [-0.2, -0.15) is 4.37 Å². The highest BCUT2D eigenvalue weighted by molar-refractivity contribution is 7.09. The highest BCUT2D eigenvalue weighted by atomic mass is 32.1. The van der Waals surface area contributed by atoms with Gasteiger partial charge in [-0.25, -0.2) is 4.98 Å². The third kappa shape index (κ3) is 3.28. The minimum absolute atomic E-state index is 0.145. The number of aromatic nitrogens is 2. The number of hydrogen-bond donors (Lipinski definition) is 2. The van der Waals surface area contributed by atoms with Crippen LogP contribution in [-0.4, -0.2) is 21.9 Å². The van der Waals surface area contributed by atoms with Crippen LogP contribution in [0.4, 0.5) is 5.13 Å². The molecule has 74 valence electrons. The van der Waals surface area contributed by atoms with E-state index in [0.717, 1.165) is 17.5 Å². The summed E-state index contributed by atoms with van der Waals surface area (Å²) in [6.45, 7) is 6.86. The molecule has 1 atom stereocenters. The van der Waals surface area contributed by atoms with Gasteiger partial charge in [0.25, 0.3) is 0 Å². The Labute approximate surface area is 82.7 Å². The lowest BCUT2D eigenvalue weighted by molar-refractivity contribution is 0.773. The van der Waals surface area contributed by atoms with Crippen LogP contribution in [0.2, 0.25) is 0 Å². The first-order valence-corrected chi connectivity index (χ1v) is 5.20.